The monoisotopic (exact) mass is 621 g/mol. The van der Waals surface area contributed by atoms with Crippen molar-refractivity contribution in [3.05, 3.63) is 95.4 Å². The lowest BCUT2D eigenvalue weighted by molar-refractivity contribution is 0.269. The summed E-state index contributed by atoms with van der Waals surface area (Å²) in [4.78, 5) is 17.9. The van der Waals surface area contributed by atoms with Gasteiger partial charge in [-0.3, -0.25) is 4.79 Å². The molecule has 0 fully saturated rings. The third-order valence-corrected chi connectivity index (χ3v) is 6.75. The summed E-state index contributed by atoms with van der Waals surface area (Å²) in [6.07, 6.45) is 2.97. The molecule has 4 aromatic rings. The fourth-order valence-corrected chi connectivity index (χ4v) is 4.78. The average molecular weight is 624 g/mol. The minimum Gasteiger partial charge on any atom is -0.490 e. The Morgan fingerprint density at radius 1 is 1.03 bits per heavy atom. The van der Waals surface area contributed by atoms with Gasteiger partial charge < -0.3 is 9.47 Å². The molecule has 1 heterocycles. The van der Waals surface area contributed by atoms with Crippen LogP contribution in [0.25, 0.3) is 10.9 Å². The second-order valence-electron chi connectivity index (χ2n) is 8.09. The summed E-state index contributed by atoms with van der Waals surface area (Å²) >= 11 is 22.3. The molecule has 0 radical (unpaired) electrons. The van der Waals surface area contributed by atoms with Crippen molar-refractivity contribution in [2.75, 3.05) is 6.61 Å². The van der Waals surface area contributed by atoms with Crippen LogP contribution >= 0.6 is 50.7 Å². The van der Waals surface area contributed by atoms with Crippen LogP contribution in [0, 0.1) is 0 Å². The van der Waals surface area contributed by atoms with E-state index >= 15 is 0 Å². The first-order chi connectivity index (χ1) is 17.8. The van der Waals surface area contributed by atoms with Crippen molar-refractivity contribution in [3.8, 4) is 11.5 Å². The van der Waals surface area contributed by atoms with E-state index in [0.29, 0.717) is 61.9 Å². The van der Waals surface area contributed by atoms with E-state index in [0.717, 1.165) is 16.5 Å². The maximum atomic E-state index is 13.3. The van der Waals surface area contributed by atoms with E-state index in [2.05, 4.69) is 26.0 Å². The first-order valence-electron chi connectivity index (χ1n) is 11.6. The Morgan fingerprint density at radius 2 is 1.84 bits per heavy atom. The number of halogens is 4. The van der Waals surface area contributed by atoms with E-state index < -0.39 is 0 Å². The van der Waals surface area contributed by atoms with Crippen molar-refractivity contribution in [2.24, 2.45) is 5.10 Å². The molecule has 4 rings (SSSR count). The van der Waals surface area contributed by atoms with Crippen molar-refractivity contribution >= 4 is 67.9 Å². The topological polar surface area (TPSA) is 65.7 Å². The Balaban J connectivity index is 1.68. The quantitative estimate of drug-likeness (QED) is 0.178. The summed E-state index contributed by atoms with van der Waals surface area (Å²) in [6, 6.07) is 14.1. The van der Waals surface area contributed by atoms with Crippen molar-refractivity contribution in [3.63, 3.8) is 0 Å². The predicted octanol–water partition coefficient (Wildman–Crippen LogP) is 7.93. The zero-order valence-corrected chi connectivity index (χ0v) is 24.0. The molecule has 3 aromatic carbocycles. The SMILES string of the molecule is CCCc1nc2ccc(Br)cc2c(=O)n1N=Cc1cc(Cl)c(OCc2ccc(Cl)cc2Cl)c(OCC)c1. The van der Waals surface area contributed by atoms with E-state index in [1.807, 2.05) is 26.0 Å². The van der Waals surface area contributed by atoms with Gasteiger partial charge in [-0.1, -0.05) is 63.7 Å². The molecule has 0 amide bonds. The smallest absolute Gasteiger partial charge is 0.282 e. The van der Waals surface area contributed by atoms with Gasteiger partial charge in [-0.05, 0) is 61.4 Å². The molecule has 10 heteroatoms. The summed E-state index contributed by atoms with van der Waals surface area (Å²) < 4.78 is 13.9. The number of nitrogens with zero attached hydrogens (tertiary/aromatic N) is 3. The van der Waals surface area contributed by atoms with Gasteiger partial charge in [0.05, 0.1) is 28.7 Å². The molecule has 0 aliphatic rings. The summed E-state index contributed by atoms with van der Waals surface area (Å²) in [7, 11) is 0. The van der Waals surface area contributed by atoms with E-state index in [1.54, 1.807) is 42.6 Å². The second kappa shape index (κ2) is 12.3. The van der Waals surface area contributed by atoms with Crippen molar-refractivity contribution < 1.29 is 9.47 Å². The number of rotatable bonds is 9. The number of ether oxygens (including phenoxy) is 2. The summed E-state index contributed by atoms with van der Waals surface area (Å²) in [6.45, 7) is 4.47. The highest BCUT2D eigenvalue weighted by Gasteiger charge is 2.15. The Labute approximate surface area is 237 Å². The maximum absolute atomic E-state index is 13.3. The maximum Gasteiger partial charge on any atom is 0.282 e. The molecule has 192 valence electrons. The molecule has 6 nitrogen and oxygen atoms in total. The summed E-state index contributed by atoms with van der Waals surface area (Å²) in [5.74, 6) is 1.41. The molecule has 0 bridgehead atoms. The van der Waals surface area contributed by atoms with Gasteiger partial charge in [-0.2, -0.15) is 9.78 Å². The summed E-state index contributed by atoms with van der Waals surface area (Å²) in [5.41, 5.74) is 1.77. The second-order valence-corrected chi connectivity index (χ2v) is 10.3. The van der Waals surface area contributed by atoms with E-state index in [1.165, 1.54) is 4.68 Å². The lowest BCUT2D eigenvalue weighted by Crippen LogP contribution is -2.22. The largest absolute Gasteiger partial charge is 0.490 e. The lowest BCUT2D eigenvalue weighted by atomic mass is 10.2. The van der Waals surface area contributed by atoms with Gasteiger partial charge in [0.25, 0.3) is 5.56 Å². The van der Waals surface area contributed by atoms with Crippen molar-refractivity contribution in [1.82, 2.24) is 9.66 Å². The van der Waals surface area contributed by atoms with E-state index in [-0.39, 0.29) is 12.2 Å². The van der Waals surface area contributed by atoms with Gasteiger partial charge in [0.1, 0.15) is 12.4 Å². The van der Waals surface area contributed by atoms with Crippen LogP contribution in [0.3, 0.4) is 0 Å². The number of hydrogen-bond acceptors (Lipinski definition) is 5. The highest BCUT2D eigenvalue weighted by Crippen LogP contribution is 2.37. The molecule has 37 heavy (non-hydrogen) atoms. The van der Waals surface area contributed by atoms with Crippen LogP contribution in [0.15, 0.2) is 62.9 Å². The Bertz CT molecular complexity index is 1540. The van der Waals surface area contributed by atoms with Gasteiger partial charge in [-0.25, -0.2) is 4.98 Å². The molecule has 0 spiro atoms. The number of aryl methyl sites for hydroxylation is 1. The third-order valence-electron chi connectivity index (χ3n) is 5.39. The molecule has 0 aliphatic carbocycles. The molecular formula is C27H23BrCl3N3O3. The Hall–Kier alpha value is -2.58. The number of hydrogen-bond donors (Lipinski definition) is 0. The van der Waals surface area contributed by atoms with Crippen LogP contribution in [-0.4, -0.2) is 22.5 Å². The minimum absolute atomic E-state index is 0.178. The van der Waals surface area contributed by atoms with Crippen molar-refractivity contribution in [1.29, 1.82) is 0 Å². The standard InChI is InChI=1S/C27H23BrCl3N3O3/c1-3-5-25-33-23-9-7-18(28)12-20(23)27(35)34(25)32-14-16-10-22(31)26(24(11-16)36-4-2)37-15-17-6-8-19(29)13-21(17)30/h6-14H,3-5,15H2,1-2H3. The van der Waals surface area contributed by atoms with Crippen LogP contribution in [0.4, 0.5) is 0 Å². The minimum atomic E-state index is -0.248. The van der Waals surface area contributed by atoms with E-state index in [9.17, 15) is 4.79 Å². The predicted molar refractivity (Wildman–Crippen MR) is 154 cm³/mol. The summed E-state index contributed by atoms with van der Waals surface area (Å²) in [5, 5.41) is 6.32. The molecule has 0 atom stereocenters. The van der Waals surface area contributed by atoms with Crippen LogP contribution in [0.1, 0.15) is 37.2 Å². The first kappa shape index (κ1) is 27.5. The van der Waals surface area contributed by atoms with Gasteiger partial charge >= 0.3 is 0 Å². The first-order valence-corrected chi connectivity index (χ1v) is 13.5. The lowest BCUT2D eigenvalue weighted by Gasteiger charge is -2.15. The highest BCUT2D eigenvalue weighted by molar-refractivity contribution is 9.10. The number of benzene rings is 3. The fraction of sp³-hybridized carbons (Fsp3) is 0.222. The third kappa shape index (κ3) is 6.47. The molecular weight excluding hydrogens is 601 g/mol. The van der Waals surface area contributed by atoms with Gasteiger partial charge in [-0.15, -0.1) is 0 Å². The van der Waals surface area contributed by atoms with Crippen LogP contribution in [0.5, 0.6) is 11.5 Å². The van der Waals surface area contributed by atoms with Crippen LogP contribution < -0.4 is 15.0 Å². The fourth-order valence-electron chi connectivity index (χ4n) is 3.68. The molecule has 0 saturated heterocycles. The zero-order valence-electron chi connectivity index (χ0n) is 20.1. The molecule has 0 N–H and O–H groups in total. The Kier molecular flexibility index (Phi) is 9.13. The van der Waals surface area contributed by atoms with Gasteiger partial charge in [0.2, 0.25) is 0 Å². The van der Waals surface area contributed by atoms with E-state index in [4.69, 9.17) is 44.3 Å². The van der Waals surface area contributed by atoms with Gasteiger partial charge in [0, 0.05) is 26.5 Å². The van der Waals surface area contributed by atoms with Crippen molar-refractivity contribution in [2.45, 2.75) is 33.3 Å². The average Bonchev–Trinajstić information content (AvgIpc) is 2.85. The normalized spacial score (nSPS) is 11.4. The molecule has 0 unspecified atom stereocenters. The molecule has 1 aromatic heterocycles. The molecule has 0 aliphatic heterocycles. The van der Waals surface area contributed by atoms with Gasteiger partial charge in [0.15, 0.2) is 11.5 Å². The van der Waals surface area contributed by atoms with Crippen LogP contribution in [0.2, 0.25) is 15.1 Å². The number of aromatic nitrogens is 2. The molecule has 0 saturated carbocycles. The Morgan fingerprint density at radius 3 is 2.57 bits per heavy atom. The highest BCUT2D eigenvalue weighted by atomic mass is 79.9. The zero-order chi connectivity index (χ0) is 26.5. The number of fused-ring (bicyclic) bond motifs is 1. The van der Waals surface area contributed by atoms with Crippen LogP contribution in [-0.2, 0) is 13.0 Å².